The van der Waals surface area contributed by atoms with Crippen molar-refractivity contribution in [3.05, 3.63) is 48.5 Å². The van der Waals surface area contributed by atoms with Gasteiger partial charge in [0, 0.05) is 23.2 Å². The maximum Gasteiger partial charge on any atom is 0.238 e. The first-order chi connectivity index (χ1) is 12.4. The Balaban J connectivity index is 1.66. The van der Waals surface area contributed by atoms with E-state index in [1.165, 1.54) is 18.7 Å². The van der Waals surface area contributed by atoms with Gasteiger partial charge in [-0.1, -0.05) is 19.1 Å². The predicted octanol–water partition coefficient (Wildman–Crippen LogP) is 3.33. The second kappa shape index (κ2) is 7.61. The Morgan fingerprint density at radius 1 is 1.04 bits per heavy atom. The lowest BCUT2D eigenvalue weighted by Gasteiger charge is -2.27. The van der Waals surface area contributed by atoms with Gasteiger partial charge in [-0.15, -0.1) is 11.8 Å². The zero-order valence-electron chi connectivity index (χ0n) is 14.4. The highest BCUT2D eigenvalue weighted by Crippen LogP contribution is 2.38. The summed E-state index contributed by atoms with van der Waals surface area (Å²) in [7, 11) is 0. The number of nitrogens with one attached hydrogen (secondary N) is 3. The summed E-state index contributed by atoms with van der Waals surface area (Å²) in [6, 6.07) is 14.4. The molecule has 7 heteroatoms. The lowest BCUT2D eigenvalue weighted by molar-refractivity contribution is -0.123. The van der Waals surface area contributed by atoms with E-state index in [0.717, 1.165) is 10.6 Å². The van der Waals surface area contributed by atoms with Gasteiger partial charge in [-0.2, -0.15) is 0 Å². The van der Waals surface area contributed by atoms with E-state index < -0.39 is 11.2 Å². The van der Waals surface area contributed by atoms with Crippen LogP contribution in [-0.4, -0.2) is 23.0 Å². The number of para-hydroxylation sites is 1. The van der Waals surface area contributed by atoms with Crippen LogP contribution in [0.25, 0.3) is 0 Å². The van der Waals surface area contributed by atoms with Crippen molar-refractivity contribution < 1.29 is 14.4 Å². The van der Waals surface area contributed by atoms with Crippen LogP contribution in [0.1, 0.15) is 13.8 Å². The minimum atomic E-state index is -0.511. The van der Waals surface area contributed by atoms with E-state index in [0.29, 0.717) is 11.4 Å². The summed E-state index contributed by atoms with van der Waals surface area (Å²) >= 11 is 1.40. The summed E-state index contributed by atoms with van der Waals surface area (Å²) in [5.41, 5.74) is 2.04. The van der Waals surface area contributed by atoms with E-state index in [4.69, 9.17) is 0 Å². The summed E-state index contributed by atoms with van der Waals surface area (Å²) in [6.07, 6.45) is 0. The molecule has 1 aliphatic rings. The van der Waals surface area contributed by atoms with Crippen molar-refractivity contribution in [1.29, 1.82) is 0 Å². The van der Waals surface area contributed by atoms with Crippen LogP contribution in [0.4, 0.5) is 17.1 Å². The average Bonchev–Trinajstić information content (AvgIpc) is 2.61. The van der Waals surface area contributed by atoms with Crippen molar-refractivity contribution >= 4 is 46.5 Å². The fourth-order valence-electron chi connectivity index (χ4n) is 2.63. The second-order valence-corrected chi connectivity index (χ2v) is 7.24. The van der Waals surface area contributed by atoms with Gasteiger partial charge < -0.3 is 16.0 Å². The molecule has 26 heavy (non-hydrogen) atoms. The number of carbonyl (C=O) groups excluding carboxylic acids is 3. The number of rotatable bonds is 4. The molecule has 134 valence electrons. The molecule has 0 bridgehead atoms. The molecule has 2 aromatic carbocycles. The first kappa shape index (κ1) is 18.0. The van der Waals surface area contributed by atoms with Crippen molar-refractivity contribution in [2.45, 2.75) is 24.0 Å². The molecule has 0 aliphatic carbocycles. The molecular weight excluding hydrogens is 350 g/mol. The fourth-order valence-corrected chi connectivity index (χ4v) is 3.80. The molecule has 0 aromatic heterocycles. The van der Waals surface area contributed by atoms with Gasteiger partial charge in [0.15, 0.2) is 0 Å². The molecule has 0 saturated heterocycles. The van der Waals surface area contributed by atoms with Crippen molar-refractivity contribution in [1.82, 2.24) is 0 Å². The van der Waals surface area contributed by atoms with E-state index in [9.17, 15) is 14.4 Å². The third-order valence-electron chi connectivity index (χ3n) is 4.00. The zero-order valence-corrected chi connectivity index (χ0v) is 15.2. The molecule has 0 fully saturated rings. The SMILES string of the molecule is CC(=O)Nc1ccc(NC(=O)C(C)C2Sc3ccccc3NC2=O)cc1. The maximum absolute atomic E-state index is 12.6. The van der Waals surface area contributed by atoms with E-state index in [1.54, 1.807) is 31.2 Å². The van der Waals surface area contributed by atoms with Crippen LogP contribution in [0, 0.1) is 5.92 Å². The minimum absolute atomic E-state index is 0.156. The third kappa shape index (κ3) is 4.05. The summed E-state index contributed by atoms with van der Waals surface area (Å²) < 4.78 is 0. The van der Waals surface area contributed by atoms with Gasteiger partial charge in [0.25, 0.3) is 0 Å². The number of anilines is 3. The van der Waals surface area contributed by atoms with E-state index in [1.807, 2.05) is 24.3 Å². The normalized spacial score (nSPS) is 16.8. The first-order valence-corrected chi connectivity index (χ1v) is 9.07. The number of amides is 3. The summed E-state index contributed by atoms with van der Waals surface area (Å²) in [6.45, 7) is 3.18. The van der Waals surface area contributed by atoms with Crippen LogP contribution in [0.5, 0.6) is 0 Å². The third-order valence-corrected chi connectivity index (χ3v) is 5.48. The topological polar surface area (TPSA) is 87.3 Å². The quantitative estimate of drug-likeness (QED) is 0.771. The zero-order chi connectivity index (χ0) is 18.7. The van der Waals surface area contributed by atoms with Gasteiger partial charge in [0.1, 0.15) is 0 Å². The molecule has 2 unspecified atom stereocenters. The van der Waals surface area contributed by atoms with E-state index in [-0.39, 0.29) is 17.7 Å². The fraction of sp³-hybridized carbons (Fsp3) is 0.211. The highest BCUT2D eigenvalue weighted by molar-refractivity contribution is 8.01. The molecule has 0 saturated carbocycles. The Hall–Kier alpha value is -2.80. The largest absolute Gasteiger partial charge is 0.326 e. The molecule has 2 atom stereocenters. The van der Waals surface area contributed by atoms with Crippen molar-refractivity contribution in [2.75, 3.05) is 16.0 Å². The molecule has 3 amide bonds. The maximum atomic E-state index is 12.6. The highest BCUT2D eigenvalue weighted by atomic mass is 32.2. The smallest absolute Gasteiger partial charge is 0.238 e. The van der Waals surface area contributed by atoms with Crippen LogP contribution in [0.2, 0.25) is 0 Å². The lowest BCUT2D eigenvalue weighted by Crippen LogP contribution is -2.39. The standard InChI is InChI=1S/C19H19N3O3S/c1-11(17-19(25)22-15-5-3-4-6-16(15)26-17)18(24)21-14-9-7-13(8-10-14)20-12(2)23/h3-11,17H,1-2H3,(H,20,23)(H,21,24)(H,22,25). The van der Waals surface area contributed by atoms with Crippen molar-refractivity contribution in [2.24, 2.45) is 5.92 Å². The molecule has 6 nitrogen and oxygen atoms in total. The van der Waals surface area contributed by atoms with Gasteiger partial charge in [0.05, 0.1) is 16.9 Å². The van der Waals surface area contributed by atoms with Gasteiger partial charge in [0.2, 0.25) is 17.7 Å². The molecule has 0 radical (unpaired) electrons. The number of hydrogen-bond acceptors (Lipinski definition) is 4. The van der Waals surface area contributed by atoms with E-state index in [2.05, 4.69) is 16.0 Å². The summed E-state index contributed by atoms with van der Waals surface area (Å²) in [5, 5.41) is 7.84. The van der Waals surface area contributed by atoms with Crippen LogP contribution < -0.4 is 16.0 Å². The molecule has 0 spiro atoms. The van der Waals surface area contributed by atoms with Gasteiger partial charge >= 0.3 is 0 Å². The molecule has 1 heterocycles. The summed E-state index contributed by atoms with van der Waals surface area (Å²) in [5.74, 6) is -1.07. The first-order valence-electron chi connectivity index (χ1n) is 8.19. The molecule has 3 N–H and O–H groups in total. The monoisotopic (exact) mass is 369 g/mol. The van der Waals surface area contributed by atoms with E-state index >= 15 is 0 Å². The Bertz CT molecular complexity index is 851. The molecular formula is C19H19N3O3S. The number of fused-ring (bicyclic) bond motifs is 1. The average molecular weight is 369 g/mol. The molecule has 1 aliphatic heterocycles. The number of hydrogen-bond donors (Lipinski definition) is 3. The van der Waals surface area contributed by atoms with Gasteiger partial charge in [-0.3, -0.25) is 14.4 Å². The number of thioether (sulfide) groups is 1. The van der Waals surface area contributed by atoms with Crippen molar-refractivity contribution in [3.63, 3.8) is 0 Å². The van der Waals surface area contributed by atoms with Crippen LogP contribution in [0.3, 0.4) is 0 Å². The lowest BCUT2D eigenvalue weighted by atomic mass is 10.1. The van der Waals surface area contributed by atoms with Crippen LogP contribution in [0.15, 0.2) is 53.4 Å². The highest BCUT2D eigenvalue weighted by Gasteiger charge is 2.35. The molecule has 3 rings (SSSR count). The van der Waals surface area contributed by atoms with Crippen LogP contribution in [-0.2, 0) is 14.4 Å². The number of carbonyl (C=O) groups is 3. The van der Waals surface area contributed by atoms with Gasteiger partial charge in [-0.25, -0.2) is 0 Å². The van der Waals surface area contributed by atoms with Crippen LogP contribution >= 0.6 is 11.8 Å². The predicted molar refractivity (Wildman–Crippen MR) is 103 cm³/mol. The summed E-state index contributed by atoms with van der Waals surface area (Å²) in [4.78, 5) is 36.9. The Morgan fingerprint density at radius 2 is 1.65 bits per heavy atom. The Kier molecular flexibility index (Phi) is 5.27. The minimum Gasteiger partial charge on any atom is -0.326 e. The van der Waals surface area contributed by atoms with Gasteiger partial charge in [-0.05, 0) is 36.4 Å². The second-order valence-electron chi connectivity index (χ2n) is 6.06. The molecule has 2 aromatic rings. The number of benzene rings is 2. The Morgan fingerprint density at radius 3 is 2.31 bits per heavy atom. The Labute approximate surface area is 155 Å². The van der Waals surface area contributed by atoms with Crippen molar-refractivity contribution in [3.8, 4) is 0 Å².